The molecule has 2 rings (SSSR count). The Morgan fingerprint density at radius 2 is 1.95 bits per heavy atom. The molecule has 0 atom stereocenters. The highest BCUT2D eigenvalue weighted by molar-refractivity contribution is 7.92. The summed E-state index contributed by atoms with van der Waals surface area (Å²) in [7, 11) is -4.37. The minimum absolute atomic E-state index is 0.388. The third-order valence-corrected chi connectivity index (χ3v) is 3.85. The van der Waals surface area contributed by atoms with Crippen molar-refractivity contribution in [3.8, 4) is 5.75 Å². The predicted molar refractivity (Wildman–Crippen MR) is 68.1 cm³/mol. The largest absolute Gasteiger partial charge is 0.506 e. The zero-order valence-corrected chi connectivity index (χ0v) is 11.2. The summed E-state index contributed by atoms with van der Waals surface area (Å²) in [5.74, 6) is -2.67. The van der Waals surface area contributed by atoms with Gasteiger partial charge in [0.05, 0.1) is 10.7 Å². The third kappa shape index (κ3) is 2.81. The van der Waals surface area contributed by atoms with E-state index >= 15 is 0 Å². The molecule has 0 saturated carbocycles. The van der Waals surface area contributed by atoms with Crippen LogP contribution in [0.15, 0.2) is 35.5 Å². The number of pyridine rings is 1. The fourth-order valence-corrected chi connectivity index (χ4v) is 2.62. The molecule has 2 N–H and O–H groups in total. The molecule has 0 unspecified atom stereocenters. The van der Waals surface area contributed by atoms with Crippen molar-refractivity contribution in [3.63, 3.8) is 0 Å². The average molecular weight is 321 g/mol. The van der Waals surface area contributed by atoms with Gasteiger partial charge in [0.2, 0.25) is 5.03 Å². The number of phenols is 1. The Morgan fingerprint density at radius 3 is 2.60 bits per heavy atom. The Labute approximate surface area is 117 Å². The molecule has 1 heterocycles. The number of nitrogens with zero attached hydrogens (tertiary/aromatic N) is 1. The van der Waals surface area contributed by atoms with Gasteiger partial charge in [0.15, 0.2) is 5.82 Å². The molecule has 0 spiro atoms. The topological polar surface area (TPSA) is 79.3 Å². The van der Waals surface area contributed by atoms with E-state index in [2.05, 4.69) is 4.98 Å². The summed E-state index contributed by atoms with van der Waals surface area (Å²) in [6, 6.07) is 3.64. The Bertz CT molecular complexity index is 768. The second-order valence-corrected chi connectivity index (χ2v) is 5.68. The fourth-order valence-electron chi connectivity index (χ4n) is 1.38. The summed E-state index contributed by atoms with van der Waals surface area (Å²) in [5.41, 5.74) is -0.388. The van der Waals surface area contributed by atoms with Crippen molar-refractivity contribution in [3.05, 3.63) is 47.1 Å². The number of nitrogens with one attached hydrogen (secondary N) is 1. The molecule has 1 aromatic heterocycles. The molecule has 0 aliphatic carbocycles. The van der Waals surface area contributed by atoms with Crippen LogP contribution < -0.4 is 4.72 Å². The number of halogens is 3. The Balaban J connectivity index is 2.44. The van der Waals surface area contributed by atoms with E-state index in [1.165, 1.54) is 6.07 Å². The Morgan fingerprint density at radius 1 is 1.25 bits per heavy atom. The summed E-state index contributed by atoms with van der Waals surface area (Å²) in [4.78, 5) is 3.40. The van der Waals surface area contributed by atoms with E-state index in [9.17, 15) is 22.3 Å². The number of hydrogen-bond acceptors (Lipinski definition) is 4. The average Bonchev–Trinajstić information content (AvgIpc) is 2.36. The van der Waals surface area contributed by atoms with Crippen LogP contribution in [-0.2, 0) is 10.0 Å². The van der Waals surface area contributed by atoms with E-state index < -0.39 is 37.5 Å². The lowest BCUT2D eigenvalue weighted by atomic mass is 10.3. The number of sulfonamides is 1. The highest BCUT2D eigenvalue weighted by Gasteiger charge is 2.22. The van der Waals surface area contributed by atoms with Gasteiger partial charge < -0.3 is 5.11 Å². The van der Waals surface area contributed by atoms with E-state index in [1.807, 2.05) is 4.72 Å². The van der Waals surface area contributed by atoms with E-state index in [1.54, 1.807) is 0 Å². The number of anilines is 1. The first-order valence-electron chi connectivity index (χ1n) is 5.12. The zero-order valence-electron chi connectivity index (χ0n) is 9.64. The van der Waals surface area contributed by atoms with E-state index in [0.717, 1.165) is 18.3 Å². The van der Waals surface area contributed by atoms with Gasteiger partial charge in [-0.2, -0.15) is 8.42 Å². The van der Waals surface area contributed by atoms with Crippen molar-refractivity contribution in [1.82, 2.24) is 4.98 Å². The monoisotopic (exact) mass is 320 g/mol. The minimum Gasteiger partial charge on any atom is -0.506 e. The van der Waals surface area contributed by atoms with Crippen molar-refractivity contribution in [1.29, 1.82) is 0 Å². The third-order valence-electron chi connectivity index (χ3n) is 2.26. The first-order valence-corrected chi connectivity index (χ1v) is 6.99. The molecule has 0 aliphatic rings. The molecule has 0 radical (unpaired) electrons. The van der Waals surface area contributed by atoms with Crippen molar-refractivity contribution < 1.29 is 22.3 Å². The van der Waals surface area contributed by atoms with Crippen molar-refractivity contribution in [2.24, 2.45) is 0 Å². The Hall–Kier alpha value is -1.93. The van der Waals surface area contributed by atoms with Crippen molar-refractivity contribution in [2.75, 3.05) is 4.72 Å². The van der Waals surface area contributed by atoms with Crippen LogP contribution in [0.4, 0.5) is 14.5 Å². The molecule has 1 aromatic carbocycles. The van der Waals surface area contributed by atoms with Crippen molar-refractivity contribution >= 4 is 27.3 Å². The lowest BCUT2D eigenvalue weighted by Crippen LogP contribution is -2.16. The maximum atomic E-state index is 13.4. The molecular formula is C11H7ClF2N2O3S. The van der Waals surface area contributed by atoms with Crippen LogP contribution in [0, 0.1) is 11.6 Å². The molecule has 106 valence electrons. The van der Waals surface area contributed by atoms with Gasteiger partial charge in [-0.15, -0.1) is 0 Å². The van der Waals surface area contributed by atoms with Crippen LogP contribution in [-0.4, -0.2) is 18.5 Å². The summed E-state index contributed by atoms with van der Waals surface area (Å²) >= 11 is 5.48. The number of phenolic OH excluding ortho intramolecular Hbond substituents is 1. The van der Waals surface area contributed by atoms with Gasteiger partial charge in [-0.1, -0.05) is 11.6 Å². The van der Waals surface area contributed by atoms with Crippen LogP contribution in [0.25, 0.3) is 0 Å². The molecule has 0 fully saturated rings. The van der Waals surface area contributed by atoms with Crippen molar-refractivity contribution in [2.45, 2.75) is 5.03 Å². The summed E-state index contributed by atoms with van der Waals surface area (Å²) < 4.78 is 52.1. The summed E-state index contributed by atoms with van der Waals surface area (Å²) in [5, 5.41) is 8.21. The van der Waals surface area contributed by atoms with E-state index in [4.69, 9.17) is 11.6 Å². The molecule has 0 aliphatic heterocycles. The normalized spacial score (nSPS) is 11.3. The quantitative estimate of drug-likeness (QED) is 0.852. The van der Waals surface area contributed by atoms with Gasteiger partial charge in [0.1, 0.15) is 11.6 Å². The minimum atomic E-state index is -4.37. The van der Waals surface area contributed by atoms with Gasteiger partial charge in [-0.05, 0) is 18.2 Å². The lowest BCUT2D eigenvalue weighted by Gasteiger charge is -2.10. The van der Waals surface area contributed by atoms with Gasteiger partial charge >= 0.3 is 0 Å². The number of hydrogen-bond donors (Lipinski definition) is 2. The molecule has 2 aromatic rings. The molecular weight excluding hydrogens is 314 g/mol. The lowest BCUT2D eigenvalue weighted by molar-refractivity contribution is 0.471. The van der Waals surface area contributed by atoms with E-state index in [0.29, 0.717) is 6.07 Å². The van der Waals surface area contributed by atoms with Crippen LogP contribution >= 0.6 is 11.6 Å². The molecule has 5 nitrogen and oxygen atoms in total. The van der Waals surface area contributed by atoms with E-state index in [-0.39, 0.29) is 5.69 Å². The standard InChI is InChI=1S/C11H7ClF2N2O3S/c12-6-4-9(10(17)5-8(6)14)16-20(18,19)11-7(13)2-1-3-15-11/h1-5,16-17H. The zero-order chi connectivity index (χ0) is 14.9. The maximum absolute atomic E-state index is 13.4. The van der Waals surface area contributed by atoms with Gasteiger partial charge in [-0.3, -0.25) is 4.72 Å². The van der Waals surface area contributed by atoms with Gasteiger partial charge in [-0.25, -0.2) is 13.8 Å². The molecule has 0 bridgehead atoms. The predicted octanol–water partition coefficient (Wildman–Crippen LogP) is 2.52. The number of aromatic nitrogens is 1. The van der Waals surface area contributed by atoms with Crippen LogP contribution in [0.2, 0.25) is 5.02 Å². The molecule has 9 heteroatoms. The van der Waals surface area contributed by atoms with Crippen LogP contribution in [0.5, 0.6) is 5.75 Å². The molecule has 20 heavy (non-hydrogen) atoms. The second-order valence-electron chi connectivity index (χ2n) is 3.68. The number of aromatic hydroxyl groups is 1. The highest BCUT2D eigenvalue weighted by atomic mass is 35.5. The molecule has 0 saturated heterocycles. The first-order chi connectivity index (χ1) is 9.31. The smallest absolute Gasteiger partial charge is 0.282 e. The Kier molecular flexibility index (Phi) is 3.78. The van der Waals surface area contributed by atoms with Crippen LogP contribution in [0.3, 0.4) is 0 Å². The fraction of sp³-hybridized carbons (Fsp3) is 0. The van der Waals surface area contributed by atoms with Crippen LogP contribution in [0.1, 0.15) is 0 Å². The van der Waals surface area contributed by atoms with Gasteiger partial charge in [0, 0.05) is 12.3 Å². The first kappa shape index (κ1) is 14.5. The summed E-state index contributed by atoms with van der Waals surface area (Å²) in [6.07, 6.45) is 1.09. The molecule has 0 amide bonds. The summed E-state index contributed by atoms with van der Waals surface area (Å²) in [6.45, 7) is 0. The maximum Gasteiger partial charge on any atom is 0.282 e. The highest BCUT2D eigenvalue weighted by Crippen LogP contribution is 2.31. The van der Waals surface area contributed by atoms with Gasteiger partial charge in [0.25, 0.3) is 10.0 Å². The SMILES string of the molecule is O=S(=O)(Nc1cc(Cl)c(F)cc1O)c1ncccc1F. The number of benzene rings is 1. The second kappa shape index (κ2) is 5.22. The number of rotatable bonds is 3.